The van der Waals surface area contributed by atoms with Gasteiger partial charge in [-0.1, -0.05) is 40.2 Å². The fourth-order valence-corrected chi connectivity index (χ4v) is 3.73. The Balaban J connectivity index is 1.74. The molecule has 0 heterocycles. The number of fused-ring (bicyclic) bond motifs is 1. The predicted octanol–water partition coefficient (Wildman–Crippen LogP) is 4.13. The lowest BCUT2D eigenvalue weighted by Crippen LogP contribution is -2.17. The van der Waals surface area contributed by atoms with Crippen molar-refractivity contribution in [2.75, 3.05) is 26.9 Å². The molecule has 0 aliphatic heterocycles. The van der Waals surface area contributed by atoms with Crippen LogP contribution in [0.25, 0.3) is 0 Å². The van der Waals surface area contributed by atoms with Gasteiger partial charge in [0, 0.05) is 18.5 Å². The number of hydrogen-bond donors (Lipinski definition) is 0. The molecule has 2 nitrogen and oxygen atoms in total. The molecule has 19 heavy (non-hydrogen) atoms. The summed E-state index contributed by atoms with van der Waals surface area (Å²) in [5.41, 5.74) is 3.00. The number of methoxy groups -OCH3 is 1. The number of aryl methyl sites for hydroxylation is 1. The minimum atomic E-state index is 0.511. The Morgan fingerprint density at radius 3 is 2.89 bits per heavy atom. The Bertz CT molecular complexity index is 381. The van der Waals surface area contributed by atoms with Crippen molar-refractivity contribution >= 4 is 15.9 Å². The molecular formula is C16H23BrO2. The monoisotopic (exact) mass is 326 g/mol. The first-order chi connectivity index (χ1) is 9.33. The van der Waals surface area contributed by atoms with Crippen molar-refractivity contribution < 1.29 is 9.47 Å². The molecule has 0 aromatic heterocycles. The Morgan fingerprint density at radius 2 is 2.05 bits per heavy atom. The second kappa shape index (κ2) is 8.03. The highest BCUT2D eigenvalue weighted by molar-refractivity contribution is 9.09. The summed E-state index contributed by atoms with van der Waals surface area (Å²) in [6.07, 6.45) is 4.87. The van der Waals surface area contributed by atoms with Gasteiger partial charge < -0.3 is 9.47 Å². The number of ether oxygens (including phenoxy) is 2. The van der Waals surface area contributed by atoms with E-state index in [-0.39, 0.29) is 0 Å². The van der Waals surface area contributed by atoms with E-state index in [1.807, 2.05) is 0 Å². The zero-order chi connectivity index (χ0) is 13.5. The molecule has 2 rings (SSSR count). The van der Waals surface area contributed by atoms with Crippen LogP contribution >= 0.6 is 15.9 Å². The molecule has 0 N–H and O–H groups in total. The van der Waals surface area contributed by atoms with Crippen LogP contribution in [0.2, 0.25) is 0 Å². The largest absolute Gasteiger partial charge is 0.382 e. The highest BCUT2D eigenvalue weighted by atomic mass is 79.9. The Labute approximate surface area is 124 Å². The smallest absolute Gasteiger partial charge is 0.0700 e. The molecule has 0 spiro atoms. The molecule has 1 aliphatic rings. The number of halogens is 1. The van der Waals surface area contributed by atoms with Gasteiger partial charge in [0.2, 0.25) is 0 Å². The van der Waals surface area contributed by atoms with Gasteiger partial charge in [0.1, 0.15) is 0 Å². The third-order valence-corrected chi connectivity index (χ3v) is 5.09. The van der Waals surface area contributed by atoms with E-state index in [2.05, 4.69) is 40.2 Å². The Hall–Kier alpha value is -0.380. The number of rotatable bonds is 7. The maximum Gasteiger partial charge on any atom is 0.0700 e. The summed E-state index contributed by atoms with van der Waals surface area (Å²) >= 11 is 3.89. The molecule has 0 amide bonds. The normalized spacial score (nSPS) is 22.2. The van der Waals surface area contributed by atoms with Gasteiger partial charge in [0.25, 0.3) is 0 Å². The summed E-state index contributed by atoms with van der Waals surface area (Å²) in [5, 5.41) is 0. The van der Waals surface area contributed by atoms with Crippen molar-refractivity contribution in [3.63, 3.8) is 0 Å². The Kier molecular flexibility index (Phi) is 6.35. The zero-order valence-corrected chi connectivity index (χ0v) is 13.2. The zero-order valence-electron chi connectivity index (χ0n) is 11.6. The van der Waals surface area contributed by atoms with Gasteiger partial charge in [0.15, 0.2) is 0 Å². The first-order valence-electron chi connectivity index (χ1n) is 7.11. The molecular weight excluding hydrogens is 304 g/mol. The molecule has 0 fully saturated rings. The van der Waals surface area contributed by atoms with Crippen LogP contribution in [-0.4, -0.2) is 26.9 Å². The SMILES string of the molecule is COCCOCCCC1CCc2ccccc2C1Br. The molecule has 2 atom stereocenters. The van der Waals surface area contributed by atoms with Crippen LogP contribution in [0.3, 0.4) is 0 Å². The minimum Gasteiger partial charge on any atom is -0.382 e. The van der Waals surface area contributed by atoms with Crippen LogP contribution in [-0.2, 0) is 15.9 Å². The lowest BCUT2D eigenvalue weighted by Gasteiger charge is -2.30. The van der Waals surface area contributed by atoms with Gasteiger partial charge in [-0.05, 0) is 42.7 Å². The van der Waals surface area contributed by atoms with E-state index in [1.165, 1.54) is 30.4 Å². The van der Waals surface area contributed by atoms with Crippen molar-refractivity contribution in [1.82, 2.24) is 0 Å². The quantitative estimate of drug-likeness (QED) is 0.554. The van der Waals surface area contributed by atoms with Gasteiger partial charge in [-0.3, -0.25) is 0 Å². The van der Waals surface area contributed by atoms with Crippen LogP contribution in [0, 0.1) is 5.92 Å². The topological polar surface area (TPSA) is 18.5 Å². The van der Waals surface area contributed by atoms with Gasteiger partial charge >= 0.3 is 0 Å². The van der Waals surface area contributed by atoms with Crippen molar-refractivity contribution in [2.24, 2.45) is 5.92 Å². The van der Waals surface area contributed by atoms with Crippen LogP contribution < -0.4 is 0 Å². The van der Waals surface area contributed by atoms with Gasteiger partial charge in [-0.2, -0.15) is 0 Å². The lowest BCUT2D eigenvalue weighted by atomic mass is 9.81. The van der Waals surface area contributed by atoms with Crippen LogP contribution in [0.4, 0.5) is 0 Å². The summed E-state index contributed by atoms with van der Waals surface area (Å²) in [7, 11) is 1.71. The molecule has 0 saturated heterocycles. The van der Waals surface area contributed by atoms with E-state index < -0.39 is 0 Å². The molecule has 3 heteroatoms. The summed E-state index contributed by atoms with van der Waals surface area (Å²) in [6.45, 7) is 2.25. The van der Waals surface area contributed by atoms with Gasteiger partial charge in [-0.25, -0.2) is 0 Å². The average Bonchev–Trinajstić information content (AvgIpc) is 2.45. The second-order valence-electron chi connectivity index (χ2n) is 5.15. The first kappa shape index (κ1) is 15.0. The average molecular weight is 327 g/mol. The van der Waals surface area contributed by atoms with E-state index in [1.54, 1.807) is 7.11 Å². The second-order valence-corrected chi connectivity index (χ2v) is 6.13. The molecule has 2 unspecified atom stereocenters. The lowest BCUT2D eigenvalue weighted by molar-refractivity contribution is 0.0669. The highest BCUT2D eigenvalue weighted by Crippen LogP contribution is 2.42. The predicted molar refractivity (Wildman–Crippen MR) is 81.9 cm³/mol. The van der Waals surface area contributed by atoms with Crippen molar-refractivity contribution in [2.45, 2.75) is 30.5 Å². The number of hydrogen-bond acceptors (Lipinski definition) is 2. The van der Waals surface area contributed by atoms with E-state index >= 15 is 0 Å². The standard InChI is InChI=1S/C16H23BrO2/c1-18-11-12-19-10-4-6-14-9-8-13-5-2-3-7-15(13)16(14)17/h2-3,5,7,14,16H,4,6,8-12H2,1H3. The van der Waals surface area contributed by atoms with Crippen molar-refractivity contribution in [3.05, 3.63) is 35.4 Å². The summed E-state index contributed by atoms with van der Waals surface area (Å²) in [5.74, 6) is 0.737. The summed E-state index contributed by atoms with van der Waals surface area (Å²) in [6, 6.07) is 8.80. The molecule has 1 aliphatic carbocycles. The van der Waals surface area contributed by atoms with E-state index in [9.17, 15) is 0 Å². The third kappa shape index (κ3) is 4.30. The van der Waals surface area contributed by atoms with E-state index in [0.29, 0.717) is 18.0 Å². The highest BCUT2D eigenvalue weighted by Gasteiger charge is 2.26. The Morgan fingerprint density at radius 1 is 1.21 bits per heavy atom. The minimum absolute atomic E-state index is 0.511. The molecule has 0 bridgehead atoms. The summed E-state index contributed by atoms with van der Waals surface area (Å²) < 4.78 is 10.5. The summed E-state index contributed by atoms with van der Waals surface area (Å²) in [4.78, 5) is 0.511. The number of alkyl halides is 1. The first-order valence-corrected chi connectivity index (χ1v) is 8.03. The number of benzene rings is 1. The molecule has 0 radical (unpaired) electrons. The maximum atomic E-state index is 5.53. The maximum absolute atomic E-state index is 5.53. The third-order valence-electron chi connectivity index (χ3n) is 3.85. The van der Waals surface area contributed by atoms with E-state index in [0.717, 1.165) is 18.9 Å². The fraction of sp³-hybridized carbons (Fsp3) is 0.625. The van der Waals surface area contributed by atoms with Crippen LogP contribution in [0.1, 0.15) is 35.2 Å². The van der Waals surface area contributed by atoms with Gasteiger partial charge in [-0.15, -0.1) is 0 Å². The van der Waals surface area contributed by atoms with Crippen LogP contribution in [0.5, 0.6) is 0 Å². The van der Waals surface area contributed by atoms with E-state index in [4.69, 9.17) is 9.47 Å². The molecule has 1 aromatic carbocycles. The van der Waals surface area contributed by atoms with Crippen LogP contribution in [0.15, 0.2) is 24.3 Å². The molecule has 0 saturated carbocycles. The fourth-order valence-electron chi connectivity index (χ4n) is 2.75. The van der Waals surface area contributed by atoms with Crippen molar-refractivity contribution in [3.8, 4) is 0 Å². The molecule has 1 aromatic rings. The van der Waals surface area contributed by atoms with Crippen molar-refractivity contribution in [1.29, 1.82) is 0 Å². The van der Waals surface area contributed by atoms with Gasteiger partial charge in [0.05, 0.1) is 13.2 Å². The molecule has 106 valence electrons.